The molecule has 0 spiro atoms. The summed E-state index contributed by atoms with van der Waals surface area (Å²) in [5, 5.41) is 10.2. The molecule has 166 valence electrons. The van der Waals surface area contributed by atoms with Crippen molar-refractivity contribution in [3.05, 3.63) is 63.8 Å². The molecule has 1 fully saturated rings. The van der Waals surface area contributed by atoms with Gasteiger partial charge in [-0.15, -0.1) is 0 Å². The predicted octanol–water partition coefficient (Wildman–Crippen LogP) is 6.60. The maximum Gasteiger partial charge on any atom is 0.339 e. The van der Waals surface area contributed by atoms with Gasteiger partial charge in [-0.05, 0) is 29.9 Å². The molecule has 0 radical (unpaired) electrons. The first-order valence-electron chi connectivity index (χ1n) is 10.3. The van der Waals surface area contributed by atoms with Crippen LogP contribution in [0.5, 0.6) is 11.5 Å². The summed E-state index contributed by atoms with van der Waals surface area (Å²) >= 11 is 12.8. The van der Waals surface area contributed by atoms with E-state index in [9.17, 15) is 9.90 Å². The minimum Gasteiger partial charge on any atom is -0.503 e. The summed E-state index contributed by atoms with van der Waals surface area (Å²) in [4.78, 5) is 11.6. The summed E-state index contributed by atoms with van der Waals surface area (Å²) in [5.74, 6) is 0.400. The van der Waals surface area contributed by atoms with Gasteiger partial charge in [-0.3, -0.25) is 0 Å². The Balaban J connectivity index is 1.70. The van der Waals surface area contributed by atoms with Crippen molar-refractivity contribution in [1.82, 2.24) is 0 Å². The molecule has 1 saturated carbocycles. The van der Waals surface area contributed by atoms with Gasteiger partial charge in [0.15, 0.2) is 5.75 Å². The second-order valence-corrected chi connectivity index (χ2v) is 8.36. The van der Waals surface area contributed by atoms with E-state index in [1.165, 1.54) is 45.5 Å². The Morgan fingerprint density at radius 3 is 2.42 bits per heavy atom. The molecular formula is C24H26Cl2O5. The number of aliphatic carboxylic acids is 1. The van der Waals surface area contributed by atoms with E-state index in [2.05, 4.69) is 0 Å². The number of benzene rings is 2. The minimum absolute atomic E-state index is 0.0456. The number of hydrogen-bond donors (Lipinski definition) is 1. The molecule has 0 atom stereocenters. The Hall–Kier alpha value is -2.37. The fraction of sp³-hybridized carbons (Fsp3) is 0.375. The van der Waals surface area contributed by atoms with Gasteiger partial charge < -0.3 is 19.3 Å². The standard InChI is InChI=1S/C24H26Cl2O5/c1-29-15-20(24(27)28)19-10-6-5-9-17(19)14-30-18-11-21(25)23(22(26)12-18)31-13-16-7-3-2-4-8-16/h5-6,9-12,15-16H,2-4,7-8,13-14H2,1H3,(H,27,28)/b20-15+. The molecule has 0 amide bonds. The largest absolute Gasteiger partial charge is 0.503 e. The van der Waals surface area contributed by atoms with E-state index in [1.54, 1.807) is 30.3 Å². The zero-order valence-electron chi connectivity index (χ0n) is 17.4. The van der Waals surface area contributed by atoms with Crippen LogP contribution in [0.4, 0.5) is 0 Å². The van der Waals surface area contributed by atoms with Crippen molar-refractivity contribution in [3.63, 3.8) is 0 Å². The average Bonchev–Trinajstić information content (AvgIpc) is 2.76. The summed E-state index contributed by atoms with van der Waals surface area (Å²) in [6, 6.07) is 10.4. The Bertz CT molecular complexity index is 912. The van der Waals surface area contributed by atoms with Crippen molar-refractivity contribution < 1.29 is 24.1 Å². The summed E-state index contributed by atoms with van der Waals surface area (Å²) in [6.07, 6.45) is 7.33. The first-order chi connectivity index (χ1) is 15.0. The van der Waals surface area contributed by atoms with Gasteiger partial charge in [0.05, 0.1) is 30.0 Å². The molecule has 0 saturated heterocycles. The van der Waals surface area contributed by atoms with Crippen LogP contribution in [0.15, 0.2) is 42.7 Å². The zero-order chi connectivity index (χ0) is 22.2. The molecule has 0 heterocycles. The molecule has 0 aliphatic heterocycles. The average molecular weight is 465 g/mol. The van der Waals surface area contributed by atoms with E-state index < -0.39 is 5.97 Å². The van der Waals surface area contributed by atoms with E-state index in [-0.39, 0.29) is 12.2 Å². The first kappa shape index (κ1) is 23.3. The Labute approximate surface area is 192 Å². The van der Waals surface area contributed by atoms with Crippen LogP contribution in [-0.2, 0) is 16.1 Å². The van der Waals surface area contributed by atoms with E-state index in [1.807, 2.05) is 6.07 Å². The number of methoxy groups -OCH3 is 1. The van der Waals surface area contributed by atoms with Gasteiger partial charge in [-0.2, -0.15) is 0 Å². The molecule has 1 N–H and O–H groups in total. The van der Waals surface area contributed by atoms with Crippen LogP contribution in [0.2, 0.25) is 10.0 Å². The molecule has 0 unspecified atom stereocenters. The monoisotopic (exact) mass is 464 g/mol. The number of carbonyl (C=O) groups is 1. The molecule has 5 nitrogen and oxygen atoms in total. The minimum atomic E-state index is -1.08. The van der Waals surface area contributed by atoms with E-state index >= 15 is 0 Å². The topological polar surface area (TPSA) is 65.0 Å². The second kappa shape index (κ2) is 11.3. The molecular weight excluding hydrogens is 439 g/mol. The fourth-order valence-corrected chi connectivity index (χ4v) is 4.31. The van der Waals surface area contributed by atoms with Crippen LogP contribution in [0.25, 0.3) is 5.57 Å². The van der Waals surface area contributed by atoms with Crippen LogP contribution in [0, 0.1) is 5.92 Å². The van der Waals surface area contributed by atoms with Gasteiger partial charge in [-0.1, -0.05) is 66.7 Å². The highest BCUT2D eigenvalue weighted by molar-refractivity contribution is 6.37. The van der Waals surface area contributed by atoms with Crippen molar-refractivity contribution in [3.8, 4) is 11.5 Å². The molecule has 1 aliphatic rings. The third-order valence-electron chi connectivity index (χ3n) is 5.33. The molecule has 3 rings (SSSR count). The Morgan fingerprint density at radius 2 is 1.77 bits per heavy atom. The highest BCUT2D eigenvalue weighted by Crippen LogP contribution is 2.38. The Morgan fingerprint density at radius 1 is 1.10 bits per heavy atom. The van der Waals surface area contributed by atoms with Crippen LogP contribution in [0.3, 0.4) is 0 Å². The number of rotatable bonds is 9. The second-order valence-electron chi connectivity index (χ2n) is 7.55. The first-order valence-corrected chi connectivity index (χ1v) is 11.0. The van der Waals surface area contributed by atoms with E-state index in [0.29, 0.717) is 45.2 Å². The summed E-state index contributed by atoms with van der Waals surface area (Å²) in [6.45, 7) is 0.746. The molecule has 2 aromatic carbocycles. The molecule has 7 heteroatoms. The van der Waals surface area contributed by atoms with Gasteiger partial charge in [0.2, 0.25) is 0 Å². The lowest BCUT2D eigenvalue weighted by atomic mass is 9.90. The smallest absolute Gasteiger partial charge is 0.339 e. The van der Waals surface area contributed by atoms with Gasteiger partial charge in [0.25, 0.3) is 0 Å². The number of carboxylic acid groups (broad SMARTS) is 1. The maximum absolute atomic E-state index is 11.6. The van der Waals surface area contributed by atoms with Crippen LogP contribution >= 0.6 is 23.2 Å². The third kappa shape index (κ3) is 6.31. The third-order valence-corrected chi connectivity index (χ3v) is 5.89. The molecule has 0 bridgehead atoms. The highest BCUT2D eigenvalue weighted by atomic mass is 35.5. The highest BCUT2D eigenvalue weighted by Gasteiger charge is 2.18. The van der Waals surface area contributed by atoms with Crippen molar-refractivity contribution in [1.29, 1.82) is 0 Å². The maximum atomic E-state index is 11.6. The SMILES string of the molecule is CO/C=C(/C(=O)O)c1ccccc1COc1cc(Cl)c(OCC2CCCCC2)c(Cl)c1. The zero-order valence-corrected chi connectivity index (χ0v) is 18.9. The lowest BCUT2D eigenvalue weighted by Gasteiger charge is -2.22. The number of carboxylic acids is 1. The van der Waals surface area contributed by atoms with Gasteiger partial charge in [-0.25, -0.2) is 4.79 Å². The molecule has 2 aromatic rings. The predicted molar refractivity (Wildman–Crippen MR) is 122 cm³/mol. The van der Waals surface area contributed by atoms with Crippen LogP contribution in [-0.4, -0.2) is 24.8 Å². The van der Waals surface area contributed by atoms with Crippen molar-refractivity contribution >= 4 is 34.7 Å². The summed E-state index contributed by atoms with van der Waals surface area (Å²) in [7, 11) is 1.41. The Kier molecular flexibility index (Phi) is 8.50. The fourth-order valence-electron chi connectivity index (χ4n) is 3.73. The molecule has 0 aromatic heterocycles. The quantitative estimate of drug-likeness (QED) is 0.334. The van der Waals surface area contributed by atoms with Crippen LogP contribution in [0.1, 0.15) is 43.2 Å². The van der Waals surface area contributed by atoms with Gasteiger partial charge in [0, 0.05) is 12.1 Å². The lowest BCUT2D eigenvalue weighted by molar-refractivity contribution is -0.130. The number of hydrogen-bond acceptors (Lipinski definition) is 4. The molecule has 31 heavy (non-hydrogen) atoms. The molecule has 1 aliphatic carbocycles. The van der Waals surface area contributed by atoms with Crippen molar-refractivity contribution in [2.75, 3.05) is 13.7 Å². The van der Waals surface area contributed by atoms with Gasteiger partial charge >= 0.3 is 5.97 Å². The summed E-state index contributed by atoms with van der Waals surface area (Å²) < 4.78 is 16.7. The van der Waals surface area contributed by atoms with Crippen molar-refractivity contribution in [2.24, 2.45) is 5.92 Å². The number of ether oxygens (including phenoxy) is 3. The van der Waals surface area contributed by atoms with Crippen LogP contribution < -0.4 is 9.47 Å². The van der Waals surface area contributed by atoms with Crippen molar-refractivity contribution in [2.45, 2.75) is 38.7 Å². The lowest BCUT2D eigenvalue weighted by Crippen LogP contribution is -2.15. The summed E-state index contributed by atoms with van der Waals surface area (Å²) in [5.41, 5.74) is 1.25. The number of halogens is 2. The van der Waals surface area contributed by atoms with E-state index in [4.69, 9.17) is 37.4 Å². The van der Waals surface area contributed by atoms with Gasteiger partial charge in [0.1, 0.15) is 17.9 Å². The normalized spacial score (nSPS) is 14.9. The van der Waals surface area contributed by atoms with E-state index in [0.717, 1.165) is 0 Å².